The van der Waals surface area contributed by atoms with Gasteiger partial charge < -0.3 is 10.6 Å². The molecule has 2 amide bonds. The van der Waals surface area contributed by atoms with E-state index < -0.39 is 0 Å². The van der Waals surface area contributed by atoms with Crippen molar-refractivity contribution < 1.29 is 4.79 Å². The summed E-state index contributed by atoms with van der Waals surface area (Å²) in [4.78, 5) is 12.1. The number of rotatable bonds is 3. The van der Waals surface area contributed by atoms with Crippen LogP contribution in [-0.4, -0.2) is 6.03 Å². The third-order valence-electron chi connectivity index (χ3n) is 3.39. The Bertz CT molecular complexity index is 711. The normalized spacial score (nSPS) is 11.4. The van der Waals surface area contributed by atoms with Gasteiger partial charge in [-0.1, -0.05) is 41.5 Å². The average Bonchev–Trinajstić information content (AvgIpc) is 2.46. The Labute approximate surface area is 130 Å². The van der Waals surface area contributed by atoms with Crippen molar-refractivity contribution >= 4 is 11.7 Å². The number of nitrogens with one attached hydrogen (secondary N) is 2. The summed E-state index contributed by atoms with van der Waals surface area (Å²) in [7, 11) is 0. The van der Waals surface area contributed by atoms with Crippen molar-refractivity contribution in [2.24, 2.45) is 0 Å². The minimum absolute atomic E-state index is 0.118. The highest BCUT2D eigenvalue weighted by molar-refractivity contribution is 5.90. The summed E-state index contributed by atoms with van der Waals surface area (Å²) in [5.74, 6) is 0. The Balaban J connectivity index is 2.07. The van der Waals surface area contributed by atoms with Crippen molar-refractivity contribution in [2.45, 2.75) is 26.8 Å². The molecule has 1 unspecified atom stereocenters. The van der Waals surface area contributed by atoms with Crippen LogP contribution >= 0.6 is 0 Å². The zero-order valence-electron chi connectivity index (χ0n) is 13.0. The Hall–Kier alpha value is -2.80. The van der Waals surface area contributed by atoms with Gasteiger partial charge in [-0.15, -0.1) is 0 Å². The van der Waals surface area contributed by atoms with Crippen LogP contribution in [0.25, 0.3) is 0 Å². The molecule has 0 spiro atoms. The molecule has 0 radical (unpaired) electrons. The van der Waals surface area contributed by atoms with E-state index in [1.54, 1.807) is 24.3 Å². The van der Waals surface area contributed by atoms with Gasteiger partial charge in [-0.05, 0) is 38.5 Å². The highest BCUT2D eigenvalue weighted by Gasteiger charge is 2.11. The number of amides is 2. The zero-order chi connectivity index (χ0) is 16.1. The van der Waals surface area contributed by atoms with E-state index in [2.05, 4.69) is 34.9 Å². The van der Waals surface area contributed by atoms with Crippen LogP contribution in [-0.2, 0) is 0 Å². The molecule has 0 bridgehead atoms. The first-order valence-electron chi connectivity index (χ1n) is 7.14. The molecule has 2 aromatic carbocycles. The second-order valence-corrected chi connectivity index (χ2v) is 5.40. The molecule has 0 aliphatic heterocycles. The van der Waals surface area contributed by atoms with Gasteiger partial charge in [0, 0.05) is 0 Å². The fraction of sp³-hybridized carbons (Fsp3) is 0.222. The molecule has 0 aromatic heterocycles. The molecule has 22 heavy (non-hydrogen) atoms. The van der Waals surface area contributed by atoms with Crippen molar-refractivity contribution in [3.05, 3.63) is 64.7 Å². The predicted molar refractivity (Wildman–Crippen MR) is 87.6 cm³/mol. The predicted octanol–water partition coefficient (Wildman–Crippen LogP) is 4.06. The van der Waals surface area contributed by atoms with Gasteiger partial charge in [-0.25, -0.2) is 4.79 Å². The first kappa shape index (κ1) is 15.6. The number of hydrogen-bond donors (Lipinski definition) is 2. The van der Waals surface area contributed by atoms with Crippen LogP contribution in [0.4, 0.5) is 10.5 Å². The minimum Gasteiger partial charge on any atom is -0.331 e. The number of carbonyl (C=O) groups excluding carboxylic acids is 1. The van der Waals surface area contributed by atoms with E-state index in [-0.39, 0.29) is 12.1 Å². The zero-order valence-corrected chi connectivity index (χ0v) is 13.0. The molecule has 4 heteroatoms. The number of aryl methyl sites for hydroxylation is 2. The number of hydrogen-bond acceptors (Lipinski definition) is 2. The molecule has 4 nitrogen and oxygen atoms in total. The standard InChI is InChI=1S/C18H19N3O/c1-12-8-13(2)10-16(9-12)14(3)20-18(22)21-17-7-5-4-6-15(17)11-19/h4-10,14H,1-3H3,(H2,20,21,22). The lowest BCUT2D eigenvalue weighted by Crippen LogP contribution is -2.31. The highest BCUT2D eigenvalue weighted by atomic mass is 16.2. The van der Waals surface area contributed by atoms with Gasteiger partial charge in [-0.3, -0.25) is 0 Å². The molecule has 2 rings (SSSR count). The van der Waals surface area contributed by atoms with Crippen molar-refractivity contribution in [1.29, 1.82) is 5.26 Å². The number of nitriles is 1. The first-order valence-corrected chi connectivity index (χ1v) is 7.14. The van der Waals surface area contributed by atoms with Gasteiger partial charge >= 0.3 is 6.03 Å². The molecule has 0 saturated heterocycles. The number of carbonyl (C=O) groups is 1. The maximum atomic E-state index is 12.1. The summed E-state index contributed by atoms with van der Waals surface area (Å²) in [5, 5.41) is 14.6. The van der Waals surface area contributed by atoms with E-state index in [1.807, 2.05) is 20.8 Å². The van der Waals surface area contributed by atoms with Crippen LogP contribution in [0.1, 0.15) is 35.2 Å². The fourth-order valence-electron chi connectivity index (χ4n) is 2.39. The smallest absolute Gasteiger partial charge is 0.319 e. The van der Waals surface area contributed by atoms with Crippen LogP contribution in [0, 0.1) is 25.2 Å². The molecule has 0 aliphatic rings. The Kier molecular flexibility index (Phi) is 4.80. The lowest BCUT2D eigenvalue weighted by atomic mass is 10.0. The Morgan fingerprint density at radius 1 is 1.14 bits per heavy atom. The molecular weight excluding hydrogens is 274 g/mol. The molecule has 1 atom stereocenters. The molecule has 0 heterocycles. The van der Waals surface area contributed by atoms with Crippen molar-refractivity contribution in [2.75, 3.05) is 5.32 Å². The fourth-order valence-corrected chi connectivity index (χ4v) is 2.39. The van der Waals surface area contributed by atoms with Gasteiger partial charge in [-0.2, -0.15) is 5.26 Å². The van der Waals surface area contributed by atoms with Crippen LogP contribution in [0.3, 0.4) is 0 Å². The second kappa shape index (κ2) is 6.77. The summed E-state index contributed by atoms with van der Waals surface area (Å²) in [6.07, 6.45) is 0. The first-order chi connectivity index (χ1) is 10.5. The second-order valence-electron chi connectivity index (χ2n) is 5.40. The molecule has 0 saturated carbocycles. The third kappa shape index (κ3) is 3.86. The van der Waals surface area contributed by atoms with Crippen molar-refractivity contribution in [3.63, 3.8) is 0 Å². The highest BCUT2D eigenvalue weighted by Crippen LogP contribution is 2.17. The number of urea groups is 1. The summed E-state index contributed by atoms with van der Waals surface area (Å²) < 4.78 is 0. The van der Waals surface area contributed by atoms with E-state index in [9.17, 15) is 4.79 Å². The quantitative estimate of drug-likeness (QED) is 0.896. The molecule has 112 valence electrons. The molecule has 0 fully saturated rings. The maximum absolute atomic E-state index is 12.1. The van der Waals surface area contributed by atoms with Crippen LogP contribution in [0.15, 0.2) is 42.5 Å². The van der Waals surface area contributed by atoms with Gasteiger partial charge in [0.05, 0.1) is 17.3 Å². The topological polar surface area (TPSA) is 64.9 Å². The summed E-state index contributed by atoms with van der Waals surface area (Å²) in [6.45, 7) is 6.00. The van der Waals surface area contributed by atoms with Crippen LogP contribution in [0.5, 0.6) is 0 Å². The number of benzene rings is 2. The molecule has 2 N–H and O–H groups in total. The maximum Gasteiger partial charge on any atom is 0.319 e. The lowest BCUT2D eigenvalue weighted by Gasteiger charge is -2.16. The third-order valence-corrected chi connectivity index (χ3v) is 3.39. The molecule has 2 aromatic rings. The van der Waals surface area contributed by atoms with Gasteiger partial charge in [0.15, 0.2) is 0 Å². The number of para-hydroxylation sites is 1. The monoisotopic (exact) mass is 293 g/mol. The largest absolute Gasteiger partial charge is 0.331 e. The van der Waals surface area contributed by atoms with E-state index in [0.717, 1.165) is 5.56 Å². The van der Waals surface area contributed by atoms with Crippen molar-refractivity contribution in [1.82, 2.24) is 5.32 Å². The van der Waals surface area contributed by atoms with Crippen LogP contribution < -0.4 is 10.6 Å². The lowest BCUT2D eigenvalue weighted by molar-refractivity contribution is 0.249. The average molecular weight is 293 g/mol. The molecular formula is C18H19N3O. The van der Waals surface area contributed by atoms with E-state index in [4.69, 9.17) is 5.26 Å². The SMILES string of the molecule is Cc1cc(C)cc(C(C)NC(=O)Nc2ccccc2C#N)c1. The Morgan fingerprint density at radius 2 is 1.77 bits per heavy atom. The minimum atomic E-state index is -0.325. The van der Waals surface area contributed by atoms with E-state index in [1.165, 1.54) is 11.1 Å². The van der Waals surface area contributed by atoms with Gasteiger partial charge in [0.2, 0.25) is 0 Å². The number of nitrogens with zero attached hydrogens (tertiary/aromatic N) is 1. The summed E-state index contributed by atoms with van der Waals surface area (Å²) in [5.41, 5.74) is 4.34. The van der Waals surface area contributed by atoms with Crippen LogP contribution in [0.2, 0.25) is 0 Å². The molecule has 0 aliphatic carbocycles. The number of anilines is 1. The van der Waals surface area contributed by atoms with E-state index >= 15 is 0 Å². The van der Waals surface area contributed by atoms with Gasteiger partial charge in [0.1, 0.15) is 6.07 Å². The summed E-state index contributed by atoms with van der Waals surface area (Å²) >= 11 is 0. The van der Waals surface area contributed by atoms with Gasteiger partial charge in [0.25, 0.3) is 0 Å². The van der Waals surface area contributed by atoms with Crippen molar-refractivity contribution in [3.8, 4) is 6.07 Å². The Morgan fingerprint density at radius 3 is 2.41 bits per heavy atom. The van der Waals surface area contributed by atoms with E-state index in [0.29, 0.717) is 11.3 Å². The summed E-state index contributed by atoms with van der Waals surface area (Å²) in [6, 6.07) is 14.7.